The molecule has 0 saturated carbocycles. The van der Waals surface area contributed by atoms with Crippen molar-refractivity contribution >= 4 is 28.5 Å². The van der Waals surface area contributed by atoms with Crippen LogP contribution in [0.5, 0.6) is 0 Å². The van der Waals surface area contributed by atoms with Gasteiger partial charge in [-0.15, -0.1) is 0 Å². The van der Waals surface area contributed by atoms with E-state index in [0.717, 1.165) is 42.5 Å². The molecule has 7 heteroatoms. The van der Waals surface area contributed by atoms with Crippen molar-refractivity contribution in [1.29, 1.82) is 0 Å². The summed E-state index contributed by atoms with van der Waals surface area (Å²) >= 11 is 0. The highest BCUT2D eigenvalue weighted by Gasteiger charge is 2.22. The fraction of sp³-hybridized carbons (Fsp3) is 0.438. The van der Waals surface area contributed by atoms with Crippen LogP contribution in [0, 0.1) is 0 Å². The fourth-order valence-corrected chi connectivity index (χ4v) is 2.99. The van der Waals surface area contributed by atoms with Crippen molar-refractivity contribution in [2.75, 3.05) is 25.5 Å². The Morgan fingerprint density at radius 1 is 1.48 bits per heavy atom. The summed E-state index contributed by atoms with van der Waals surface area (Å²) in [4.78, 5) is 17.6. The number of aromatic amines is 1. The average Bonchev–Trinajstić information content (AvgIpc) is 3.00. The number of guanidine groups is 1. The fourth-order valence-electron chi connectivity index (χ4n) is 2.99. The van der Waals surface area contributed by atoms with Gasteiger partial charge in [0.2, 0.25) is 5.91 Å². The van der Waals surface area contributed by atoms with Crippen LogP contribution in [0.15, 0.2) is 29.4 Å². The molecule has 7 nitrogen and oxygen atoms in total. The van der Waals surface area contributed by atoms with E-state index in [2.05, 4.69) is 42.9 Å². The van der Waals surface area contributed by atoms with Gasteiger partial charge in [-0.3, -0.25) is 20.2 Å². The first-order chi connectivity index (χ1) is 11.2. The van der Waals surface area contributed by atoms with Crippen LogP contribution >= 0.6 is 0 Å². The van der Waals surface area contributed by atoms with Gasteiger partial charge in [0.1, 0.15) is 0 Å². The Morgan fingerprint density at radius 2 is 2.35 bits per heavy atom. The molecular weight excluding hydrogens is 292 g/mol. The molecule has 1 aliphatic rings. The summed E-state index contributed by atoms with van der Waals surface area (Å²) in [5.41, 5.74) is 2.12. The maximum absolute atomic E-state index is 11.3. The van der Waals surface area contributed by atoms with Crippen LogP contribution in [-0.2, 0) is 4.79 Å². The molecule has 0 aliphatic carbocycles. The van der Waals surface area contributed by atoms with Crippen molar-refractivity contribution in [3.63, 3.8) is 0 Å². The molecule has 3 rings (SSSR count). The molecule has 23 heavy (non-hydrogen) atoms. The van der Waals surface area contributed by atoms with E-state index in [1.165, 1.54) is 6.92 Å². The van der Waals surface area contributed by atoms with Gasteiger partial charge in [-0.1, -0.05) is 0 Å². The standard InChI is InChI=1S/C16H22N6O/c1-11(23)19-16(17-2)22-7-3-4-14(10-22)20-13-5-6-15-12(8-13)9-18-21-15/h5-6,8-9,14,20H,3-4,7,10H2,1-2H3,(H,18,21)(H,17,19,23). The molecule has 1 atom stereocenters. The predicted octanol–water partition coefficient (Wildman–Crippen LogP) is 1.56. The minimum absolute atomic E-state index is 0.0916. The third-order valence-corrected chi connectivity index (χ3v) is 4.03. The van der Waals surface area contributed by atoms with E-state index in [9.17, 15) is 4.79 Å². The zero-order valence-corrected chi connectivity index (χ0v) is 13.5. The lowest BCUT2D eigenvalue weighted by Gasteiger charge is -2.35. The van der Waals surface area contributed by atoms with Gasteiger partial charge in [-0.05, 0) is 31.0 Å². The van der Waals surface area contributed by atoms with Gasteiger partial charge in [0.15, 0.2) is 5.96 Å². The van der Waals surface area contributed by atoms with E-state index in [1.54, 1.807) is 7.05 Å². The lowest BCUT2D eigenvalue weighted by atomic mass is 10.1. The lowest BCUT2D eigenvalue weighted by molar-refractivity contribution is -0.117. The average molecular weight is 314 g/mol. The van der Waals surface area contributed by atoms with E-state index in [4.69, 9.17) is 0 Å². The minimum atomic E-state index is -0.0916. The summed E-state index contributed by atoms with van der Waals surface area (Å²) in [6.45, 7) is 3.23. The van der Waals surface area contributed by atoms with Crippen molar-refractivity contribution in [2.24, 2.45) is 4.99 Å². The van der Waals surface area contributed by atoms with E-state index < -0.39 is 0 Å². The number of anilines is 1. The van der Waals surface area contributed by atoms with E-state index >= 15 is 0 Å². The SMILES string of the molecule is CN=C(NC(C)=O)N1CCCC(Nc2ccc3[nH]ncc3c2)C1. The molecule has 122 valence electrons. The number of benzene rings is 1. The Labute approximate surface area is 135 Å². The second-order valence-electron chi connectivity index (χ2n) is 5.83. The van der Waals surface area contributed by atoms with Gasteiger partial charge in [0.05, 0.1) is 11.7 Å². The van der Waals surface area contributed by atoms with Crippen LogP contribution < -0.4 is 10.6 Å². The van der Waals surface area contributed by atoms with Gasteiger partial charge < -0.3 is 10.2 Å². The smallest absolute Gasteiger partial charge is 0.223 e. The second kappa shape index (κ2) is 6.68. The maximum atomic E-state index is 11.3. The highest BCUT2D eigenvalue weighted by molar-refractivity contribution is 5.96. The molecule has 0 spiro atoms. The number of H-pyrrole nitrogens is 1. The molecule has 1 fully saturated rings. The highest BCUT2D eigenvalue weighted by atomic mass is 16.1. The van der Waals surface area contributed by atoms with Crippen molar-refractivity contribution in [3.05, 3.63) is 24.4 Å². The van der Waals surface area contributed by atoms with Crippen molar-refractivity contribution in [2.45, 2.75) is 25.8 Å². The van der Waals surface area contributed by atoms with Crippen LogP contribution in [0.1, 0.15) is 19.8 Å². The predicted molar refractivity (Wildman–Crippen MR) is 91.5 cm³/mol. The summed E-state index contributed by atoms with van der Waals surface area (Å²) in [5.74, 6) is 0.556. The second-order valence-corrected chi connectivity index (χ2v) is 5.83. The zero-order chi connectivity index (χ0) is 16.2. The first kappa shape index (κ1) is 15.3. The monoisotopic (exact) mass is 314 g/mol. The molecular formula is C16H22N6O. The summed E-state index contributed by atoms with van der Waals surface area (Å²) < 4.78 is 0. The Bertz CT molecular complexity index is 722. The number of likely N-dealkylation sites (tertiary alicyclic amines) is 1. The number of piperidine rings is 1. The van der Waals surface area contributed by atoms with Gasteiger partial charge in [0, 0.05) is 44.2 Å². The topological polar surface area (TPSA) is 85.4 Å². The molecule has 1 aromatic heterocycles. The van der Waals surface area contributed by atoms with Crippen LogP contribution in [0.4, 0.5) is 5.69 Å². The number of nitrogens with one attached hydrogen (secondary N) is 3. The zero-order valence-electron chi connectivity index (χ0n) is 13.5. The molecule has 3 N–H and O–H groups in total. The normalized spacial score (nSPS) is 19.0. The Morgan fingerprint density at radius 3 is 3.13 bits per heavy atom. The molecule has 1 amide bonds. The molecule has 1 aliphatic heterocycles. The number of rotatable bonds is 2. The number of fused-ring (bicyclic) bond motifs is 1. The molecule has 0 radical (unpaired) electrons. The van der Waals surface area contributed by atoms with Gasteiger partial charge in [0.25, 0.3) is 0 Å². The van der Waals surface area contributed by atoms with Crippen LogP contribution in [-0.4, -0.2) is 53.1 Å². The summed E-state index contributed by atoms with van der Waals surface area (Å²) in [5, 5.41) is 14.5. The first-order valence-corrected chi connectivity index (χ1v) is 7.84. The van der Waals surface area contributed by atoms with Gasteiger partial charge in [-0.2, -0.15) is 5.10 Å². The third-order valence-electron chi connectivity index (χ3n) is 4.03. The molecule has 1 aromatic carbocycles. The number of hydrogen-bond acceptors (Lipinski definition) is 4. The quantitative estimate of drug-likeness (QED) is 0.580. The van der Waals surface area contributed by atoms with Crippen LogP contribution in [0.2, 0.25) is 0 Å². The number of carbonyl (C=O) groups excluding carboxylic acids is 1. The summed E-state index contributed by atoms with van der Waals surface area (Å²) in [6, 6.07) is 6.50. The Hall–Kier alpha value is -2.57. The first-order valence-electron chi connectivity index (χ1n) is 7.84. The summed E-state index contributed by atoms with van der Waals surface area (Å²) in [6.07, 6.45) is 3.98. The largest absolute Gasteiger partial charge is 0.381 e. The van der Waals surface area contributed by atoms with E-state index in [-0.39, 0.29) is 5.91 Å². The van der Waals surface area contributed by atoms with Crippen LogP contribution in [0.3, 0.4) is 0 Å². The Kier molecular flexibility index (Phi) is 4.45. The molecule has 1 unspecified atom stereocenters. The number of nitrogens with zero attached hydrogens (tertiary/aromatic N) is 3. The lowest BCUT2D eigenvalue weighted by Crippen LogP contribution is -2.50. The van der Waals surface area contributed by atoms with Crippen LogP contribution in [0.25, 0.3) is 10.9 Å². The molecule has 2 aromatic rings. The molecule has 2 heterocycles. The highest BCUT2D eigenvalue weighted by Crippen LogP contribution is 2.20. The van der Waals surface area contributed by atoms with Crippen molar-refractivity contribution in [3.8, 4) is 0 Å². The van der Waals surface area contributed by atoms with Gasteiger partial charge >= 0.3 is 0 Å². The maximum Gasteiger partial charge on any atom is 0.223 e. The van der Waals surface area contributed by atoms with Gasteiger partial charge in [-0.25, -0.2) is 0 Å². The number of aromatic nitrogens is 2. The Balaban J connectivity index is 1.67. The number of carbonyl (C=O) groups is 1. The van der Waals surface area contributed by atoms with Crippen molar-refractivity contribution < 1.29 is 4.79 Å². The number of amides is 1. The van der Waals surface area contributed by atoms with E-state index in [1.807, 2.05) is 12.3 Å². The summed E-state index contributed by atoms with van der Waals surface area (Å²) in [7, 11) is 1.70. The molecule has 1 saturated heterocycles. The van der Waals surface area contributed by atoms with E-state index in [0.29, 0.717) is 12.0 Å². The number of hydrogen-bond donors (Lipinski definition) is 3. The van der Waals surface area contributed by atoms with Crippen molar-refractivity contribution in [1.82, 2.24) is 20.4 Å². The molecule has 0 bridgehead atoms. The third kappa shape index (κ3) is 3.61. The number of aliphatic imine (C=N–C) groups is 1. The minimum Gasteiger partial charge on any atom is -0.381 e.